The Morgan fingerprint density at radius 3 is 2.72 bits per heavy atom. The van der Waals surface area contributed by atoms with Gasteiger partial charge in [-0.15, -0.1) is 0 Å². The predicted molar refractivity (Wildman–Crippen MR) is 97.6 cm³/mol. The average Bonchev–Trinajstić information content (AvgIpc) is 3.05. The number of nitrogens with zero attached hydrogens (tertiary/aromatic N) is 4. The van der Waals surface area contributed by atoms with Crippen molar-refractivity contribution in [1.82, 2.24) is 14.3 Å². The van der Waals surface area contributed by atoms with Crippen LogP contribution in [0, 0.1) is 0 Å². The van der Waals surface area contributed by atoms with Gasteiger partial charge in [0.2, 0.25) is 0 Å². The van der Waals surface area contributed by atoms with Gasteiger partial charge in [-0.25, -0.2) is 0 Å². The monoisotopic (exact) mass is 354 g/mol. The molecule has 0 amide bonds. The Morgan fingerprint density at radius 1 is 1.20 bits per heavy atom. The highest BCUT2D eigenvalue weighted by atomic mass is 35.5. The quantitative estimate of drug-likeness (QED) is 0.721. The maximum absolute atomic E-state index is 12.8. The molecule has 0 N–H and O–H groups in total. The van der Waals surface area contributed by atoms with Gasteiger partial charge in [-0.3, -0.25) is 19.0 Å². The van der Waals surface area contributed by atoms with Crippen LogP contribution in [0.15, 0.2) is 66.0 Å². The van der Waals surface area contributed by atoms with E-state index in [9.17, 15) is 4.79 Å². The number of halogens is 1. The van der Waals surface area contributed by atoms with Gasteiger partial charge in [0, 0.05) is 23.5 Å². The van der Waals surface area contributed by atoms with Crippen molar-refractivity contribution in [2.45, 2.75) is 26.4 Å². The van der Waals surface area contributed by atoms with E-state index in [2.05, 4.69) is 10.1 Å². The summed E-state index contributed by atoms with van der Waals surface area (Å²) in [4.78, 5) is 17.3. The largest absolute Gasteiger partial charge is 0.268 e. The molecule has 1 aromatic carbocycles. The van der Waals surface area contributed by atoms with Crippen molar-refractivity contribution in [3.63, 3.8) is 0 Å². The molecule has 0 unspecified atom stereocenters. The van der Waals surface area contributed by atoms with Crippen molar-refractivity contribution in [3.8, 4) is 0 Å². The zero-order valence-electron chi connectivity index (χ0n) is 14.1. The lowest BCUT2D eigenvalue weighted by Gasteiger charge is -2.06. The SMILES string of the molecule is CC(C)N=c1ccccn1C(=O)c1cnn(Cc2ccccc2Cl)c1. The normalized spacial score (nSPS) is 11.9. The summed E-state index contributed by atoms with van der Waals surface area (Å²) in [6.45, 7) is 4.46. The maximum Gasteiger partial charge on any atom is 0.266 e. The Kier molecular flexibility index (Phi) is 5.14. The first kappa shape index (κ1) is 17.2. The van der Waals surface area contributed by atoms with E-state index in [0.29, 0.717) is 22.6 Å². The molecule has 0 saturated carbocycles. The number of rotatable bonds is 4. The highest BCUT2D eigenvalue weighted by Gasteiger charge is 2.12. The van der Waals surface area contributed by atoms with Gasteiger partial charge < -0.3 is 0 Å². The van der Waals surface area contributed by atoms with E-state index in [-0.39, 0.29) is 11.9 Å². The lowest BCUT2D eigenvalue weighted by Crippen LogP contribution is -2.27. The maximum atomic E-state index is 12.8. The summed E-state index contributed by atoms with van der Waals surface area (Å²) >= 11 is 6.18. The van der Waals surface area contributed by atoms with Crippen molar-refractivity contribution < 1.29 is 4.79 Å². The molecule has 0 aliphatic heterocycles. The topological polar surface area (TPSA) is 52.2 Å². The molecule has 0 radical (unpaired) electrons. The van der Waals surface area contributed by atoms with Crippen molar-refractivity contribution >= 4 is 17.5 Å². The van der Waals surface area contributed by atoms with Crippen molar-refractivity contribution in [2.75, 3.05) is 0 Å². The number of pyridine rings is 1. The van der Waals surface area contributed by atoms with Crippen LogP contribution in [0.2, 0.25) is 5.02 Å². The number of carbonyl (C=O) groups is 1. The van der Waals surface area contributed by atoms with Crippen LogP contribution in [-0.2, 0) is 6.54 Å². The summed E-state index contributed by atoms with van der Waals surface area (Å²) in [5.41, 5.74) is 2.08. The Balaban J connectivity index is 1.88. The molecule has 0 atom stereocenters. The lowest BCUT2D eigenvalue weighted by molar-refractivity contribution is 0.0954. The highest BCUT2D eigenvalue weighted by molar-refractivity contribution is 6.31. The minimum atomic E-state index is -0.162. The number of aromatic nitrogens is 3. The summed E-state index contributed by atoms with van der Waals surface area (Å²) in [5.74, 6) is -0.162. The highest BCUT2D eigenvalue weighted by Crippen LogP contribution is 2.16. The Hall–Kier alpha value is -2.66. The smallest absolute Gasteiger partial charge is 0.266 e. The molecule has 2 heterocycles. The van der Waals surface area contributed by atoms with Crippen LogP contribution < -0.4 is 5.49 Å². The van der Waals surface area contributed by atoms with Crippen LogP contribution >= 0.6 is 11.6 Å². The van der Waals surface area contributed by atoms with E-state index in [1.165, 1.54) is 4.57 Å². The molecule has 0 saturated heterocycles. The lowest BCUT2D eigenvalue weighted by atomic mass is 10.2. The van der Waals surface area contributed by atoms with Crippen molar-refractivity contribution in [1.29, 1.82) is 0 Å². The summed E-state index contributed by atoms with van der Waals surface area (Å²) in [5, 5.41) is 4.96. The van der Waals surface area contributed by atoms with E-state index >= 15 is 0 Å². The summed E-state index contributed by atoms with van der Waals surface area (Å²) in [6.07, 6.45) is 5.01. The Morgan fingerprint density at radius 2 is 1.96 bits per heavy atom. The fraction of sp³-hybridized carbons (Fsp3) is 0.211. The minimum Gasteiger partial charge on any atom is -0.268 e. The van der Waals surface area contributed by atoms with E-state index in [4.69, 9.17) is 11.6 Å². The first-order valence-corrected chi connectivity index (χ1v) is 8.44. The molecule has 0 bridgehead atoms. The predicted octanol–water partition coefficient (Wildman–Crippen LogP) is 3.38. The van der Waals surface area contributed by atoms with Gasteiger partial charge in [-0.1, -0.05) is 35.9 Å². The third kappa shape index (κ3) is 4.06. The number of hydrogen-bond donors (Lipinski definition) is 0. The number of hydrogen-bond acceptors (Lipinski definition) is 3. The molecule has 3 rings (SSSR count). The average molecular weight is 355 g/mol. The first-order valence-electron chi connectivity index (χ1n) is 8.06. The number of carbonyl (C=O) groups excluding carboxylic acids is 1. The van der Waals surface area contributed by atoms with Crippen molar-refractivity contribution in [3.05, 3.63) is 82.7 Å². The molecule has 6 heteroatoms. The molecule has 0 fully saturated rings. The zero-order chi connectivity index (χ0) is 17.8. The molecule has 5 nitrogen and oxygen atoms in total. The van der Waals surface area contributed by atoms with Gasteiger partial charge in [0.05, 0.1) is 18.3 Å². The van der Waals surface area contributed by atoms with Crippen LogP contribution in [-0.4, -0.2) is 26.3 Å². The molecular weight excluding hydrogens is 336 g/mol. The van der Waals surface area contributed by atoms with E-state index in [1.54, 1.807) is 23.3 Å². The second-order valence-corrected chi connectivity index (χ2v) is 6.38. The zero-order valence-corrected chi connectivity index (χ0v) is 14.9. The van der Waals surface area contributed by atoms with Gasteiger partial charge in [0.1, 0.15) is 5.49 Å². The fourth-order valence-electron chi connectivity index (χ4n) is 2.48. The van der Waals surface area contributed by atoms with Crippen LogP contribution in [0.1, 0.15) is 29.8 Å². The molecule has 0 aliphatic rings. The van der Waals surface area contributed by atoms with Gasteiger partial charge in [0.15, 0.2) is 0 Å². The molecule has 128 valence electrons. The van der Waals surface area contributed by atoms with Crippen LogP contribution in [0.4, 0.5) is 0 Å². The summed E-state index contributed by atoms with van der Waals surface area (Å²) in [6, 6.07) is 13.2. The molecular formula is C19H19ClN4O. The van der Waals surface area contributed by atoms with Gasteiger partial charge in [-0.2, -0.15) is 5.10 Å². The fourth-order valence-corrected chi connectivity index (χ4v) is 2.67. The Labute approximate surface area is 151 Å². The van der Waals surface area contributed by atoms with E-state index in [1.807, 2.05) is 56.3 Å². The molecule has 25 heavy (non-hydrogen) atoms. The second kappa shape index (κ2) is 7.49. The molecule has 0 spiro atoms. The Bertz CT molecular complexity index is 956. The van der Waals surface area contributed by atoms with Crippen LogP contribution in [0.5, 0.6) is 0 Å². The van der Waals surface area contributed by atoms with Gasteiger partial charge in [-0.05, 0) is 37.6 Å². The molecule has 2 aromatic heterocycles. The van der Waals surface area contributed by atoms with Gasteiger partial charge in [0.25, 0.3) is 5.91 Å². The summed E-state index contributed by atoms with van der Waals surface area (Å²) < 4.78 is 3.24. The standard InChI is InChI=1S/C19H19ClN4O/c1-14(2)22-18-9-5-6-10-24(18)19(25)16-11-21-23(13-16)12-15-7-3-4-8-17(15)20/h3-11,13-14H,12H2,1-2H3. The van der Waals surface area contributed by atoms with Crippen molar-refractivity contribution in [2.24, 2.45) is 4.99 Å². The third-order valence-electron chi connectivity index (χ3n) is 3.62. The van der Waals surface area contributed by atoms with Crippen LogP contribution in [0.3, 0.4) is 0 Å². The molecule has 3 aromatic rings. The third-order valence-corrected chi connectivity index (χ3v) is 3.99. The van der Waals surface area contributed by atoms with Crippen LogP contribution in [0.25, 0.3) is 0 Å². The van der Waals surface area contributed by atoms with E-state index < -0.39 is 0 Å². The van der Waals surface area contributed by atoms with Gasteiger partial charge >= 0.3 is 0 Å². The minimum absolute atomic E-state index is 0.101. The first-order chi connectivity index (χ1) is 12.0. The molecule has 0 aliphatic carbocycles. The van der Waals surface area contributed by atoms with E-state index in [0.717, 1.165) is 5.56 Å². The summed E-state index contributed by atoms with van der Waals surface area (Å²) in [7, 11) is 0. The number of benzene rings is 1. The second-order valence-electron chi connectivity index (χ2n) is 5.97.